The van der Waals surface area contributed by atoms with Crippen molar-refractivity contribution in [2.45, 2.75) is 6.54 Å². The van der Waals surface area contributed by atoms with Crippen molar-refractivity contribution in [3.63, 3.8) is 0 Å². The molecule has 0 heterocycles. The zero-order chi connectivity index (χ0) is 16.1. The van der Waals surface area contributed by atoms with Crippen LogP contribution in [0.15, 0.2) is 42.5 Å². The highest BCUT2D eigenvalue weighted by atomic mass is 35.5. The summed E-state index contributed by atoms with van der Waals surface area (Å²) in [5.74, 6) is -1.69. The molecule has 3 nitrogen and oxygen atoms in total. The first kappa shape index (κ1) is 16.4. The van der Waals surface area contributed by atoms with Crippen molar-refractivity contribution in [2.24, 2.45) is 0 Å². The monoisotopic (exact) mass is 324 g/mol. The van der Waals surface area contributed by atoms with Crippen LogP contribution in [0.1, 0.15) is 5.56 Å². The molecule has 0 unspecified atom stereocenters. The van der Waals surface area contributed by atoms with Crippen LogP contribution >= 0.6 is 11.6 Å². The van der Waals surface area contributed by atoms with Gasteiger partial charge in [-0.3, -0.25) is 9.69 Å². The van der Waals surface area contributed by atoms with E-state index >= 15 is 0 Å². The molecular formula is C16H15ClF2N2O. The van der Waals surface area contributed by atoms with Crippen molar-refractivity contribution in [2.75, 3.05) is 18.9 Å². The van der Waals surface area contributed by atoms with Crippen molar-refractivity contribution in [1.29, 1.82) is 0 Å². The summed E-state index contributed by atoms with van der Waals surface area (Å²) in [6, 6.07) is 10.2. The van der Waals surface area contributed by atoms with Crippen molar-refractivity contribution in [3.05, 3.63) is 64.7 Å². The Bertz CT molecular complexity index is 662. The molecule has 22 heavy (non-hydrogen) atoms. The maximum atomic E-state index is 13.4. The fraction of sp³-hybridized carbons (Fsp3) is 0.188. The SMILES string of the molecule is CN(CC(=O)Nc1cc(F)ccc1F)Cc1ccc(Cl)cc1. The summed E-state index contributed by atoms with van der Waals surface area (Å²) in [7, 11) is 1.76. The van der Waals surface area contributed by atoms with E-state index in [1.54, 1.807) is 24.1 Å². The Balaban J connectivity index is 1.91. The van der Waals surface area contributed by atoms with E-state index in [-0.39, 0.29) is 12.2 Å². The number of halogens is 3. The smallest absolute Gasteiger partial charge is 0.238 e. The van der Waals surface area contributed by atoms with Gasteiger partial charge in [0.1, 0.15) is 11.6 Å². The summed E-state index contributed by atoms with van der Waals surface area (Å²) in [6.07, 6.45) is 0. The highest BCUT2D eigenvalue weighted by Gasteiger charge is 2.11. The van der Waals surface area contributed by atoms with Crippen molar-refractivity contribution in [3.8, 4) is 0 Å². The molecule has 2 aromatic carbocycles. The largest absolute Gasteiger partial charge is 0.322 e. The molecule has 0 aliphatic rings. The summed E-state index contributed by atoms with van der Waals surface area (Å²) in [5, 5.41) is 3.00. The Kier molecular flexibility index (Phi) is 5.46. The molecular weight excluding hydrogens is 310 g/mol. The highest BCUT2D eigenvalue weighted by Crippen LogP contribution is 2.15. The van der Waals surface area contributed by atoms with Crippen molar-refractivity contribution < 1.29 is 13.6 Å². The van der Waals surface area contributed by atoms with E-state index in [1.165, 1.54) is 0 Å². The van der Waals surface area contributed by atoms with Gasteiger partial charge in [0.25, 0.3) is 0 Å². The van der Waals surface area contributed by atoms with E-state index in [2.05, 4.69) is 5.32 Å². The summed E-state index contributed by atoms with van der Waals surface area (Å²) in [6.45, 7) is 0.592. The summed E-state index contributed by atoms with van der Waals surface area (Å²) in [5.41, 5.74) is 0.835. The molecule has 0 aliphatic carbocycles. The van der Waals surface area contributed by atoms with Crippen molar-refractivity contribution in [1.82, 2.24) is 4.90 Å². The normalized spacial score (nSPS) is 10.8. The molecule has 0 bridgehead atoms. The minimum Gasteiger partial charge on any atom is -0.322 e. The van der Waals surface area contributed by atoms with Crippen LogP contribution in [0.2, 0.25) is 5.02 Å². The number of hydrogen-bond donors (Lipinski definition) is 1. The van der Waals surface area contributed by atoms with Crippen LogP contribution in [0.3, 0.4) is 0 Å². The number of nitrogens with zero attached hydrogens (tertiary/aromatic N) is 1. The number of benzene rings is 2. The molecule has 0 aliphatic heterocycles. The lowest BCUT2D eigenvalue weighted by Gasteiger charge is -2.16. The molecule has 1 amide bonds. The second-order valence-electron chi connectivity index (χ2n) is 4.97. The number of hydrogen-bond acceptors (Lipinski definition) is 2. The van der Waals surface area contributed by atoms with Crippen LogP contribution in [0, 0.1) is 11.6 Å². The van der Waals surface area contributed by atoms with Gasteiger partial charge >= 0.3 is 0 Å². The van der Waals surface area contributed by atoms with E-state index in [0.29, 0.717) is 11.6 Å². The van der Waals surface area contributed by atoms with Gasteiger partial charge in [0, 0.05) is 17.6 Å². The third-order valence-electron chi connectivity index (χ3n) is 2.98. The minimum atomic E-state index is -0.671. The Morgan fingerprint density at radius 1 is 1.18 bits per heavy atom. The Labute approximate surface area is 132 Å². The van der Waals surface area contributed by atoms with Gasteiger partial charge in [-0.05, 0) is 36.9 Å². The first-order valence-corrected chi connectivity index (χ1v) is 7.00. The van der Waals surface area contributed by atoms with Gasteiger partial charge in [0.05, 0.1) is 12.2 Å². The van der Waals surface area contributed by atoms with Gasteiger partial charge < -0.3 is 5.32 Å². The van der Waals surface area contributed by atoms with Crippen LogP contribution in [-0.2, 0) is 11.3 Å². The number of carbonyl (C=O) groups excluding carboxylic acids is 1. The zero-order valence-corrected chi connectivity index (χ0v) is 12.7. The maximum Gasteiger partial charge on any atom is 0.238 e. The predicted octanol–water partition coefficient (Wildman–Crippen LogP) is 3.69. The standard InChI is InChI=1S/C16H15ClF2N2O/c1-21(9-11-2-4-12(17)5-3-11)10-16(22)20-15-8-13(18)6-7-14(15)19/h2-8H,9-10H2,1H3,(H,20,22). The number of amides is 1. The van der Waals surface area contributed by atoms with Crippen molar-refractivity contribution >= 4 is 23.2 Å². The predicted molar refractivity (Wildman–Crippen MR) is 82.8 cm³/mol. The Morgan fingerprint density at radius 2 is 1.86 bits per heavy atom. The average Bonchev–Trinajstić information content (AvgIpc) is 2.45. The summed E-state index contributed by atoms with van der Waals surface area (Å²) < 4.78 is 26.5. The quantitative estimate of drug-likeness (QED) is 0.909. The lowest BCUT2D eigenvalue weighted by atomic mass is 10.2. The lowest BCUT2D eigenvalue weighted by molar-refractivity contribution is -0.117. The molecule has 0 atom stereocenters. The topological polar surface area (TPSA) is 32.3 Å². The first-order valence-electron chi connectivity index (χ1n) is 6.62. The molecule has 2 aromatic rings. The third kappa shape index (κ3) is 4.79. The van der Waals surface area contributed by atoms with Gasteiger partial charge in [-0.15, -0.1) is 0 Å². The highest BCUT2D eigenvalue weighted by molar-refractivity contribution is 6.30. The van der Waals surface area contributed by atoms with Gasteiger partial charge in [0.15, 0.2) is 0 Å². The van der Waals surface area contributed by atoms with Gasteiger partial charge in [0.2, 0.25) is 5.91 Å². The molecule has 0 fully saturated rings. The zero-order valence-electron chi connectivity index (χ0n) is 11.9. The van der Waals surface area contributed by atoms with E-state index in [9.17, 15) is 13.6 Å². The van der Waals surface area contributed by atoms with Crippen LogP contribution in [0.4, 0.5) is 14.5 Å². The molecule has 2 rings (SSSR count). The summed E-state index contributed by atoms with van der Waals surface area (Å²) >= 11 is 5.81. The molecule has 116 valence electrons. The first-order chi connectivity index (χ1) is 10.4. The van der Waals surface area contributed by atoms with E-state index < -0.39 is 17.5 Å². The van der Waals surface area contributed by atoms with Crippen LogP contribution in [0.25, 0.3) is 0 Å². The fourth-order valence-electron chi connectivity index (χ4n) is 1.99. The van der Waals surface area contributed by atoms with E-state index in [0.717, 1.165) is 23.8 Å². The number of anilines is 1. The number of nitrogens with one attached hydrogen (secondary N) is 1. The third-order valence-corrected chi connectivity index (χ3v) is 3.23. The molecule has 0 aromatic heterocycles. The fourth-order valence-corrected chi connectivity index (χ4v) is 2.11. The summed E-state index contributed by atoms with van der Waals surface area (Å²) in [4.78, 5) is 13.6. The van der Waals surface area contributed by atoms with Gasteiger partial charge in [-0.2, -0.15) is 0 Å². The number of rotatable bonds is 5. The van der Waals surface area contributed by atoms with E-state index in [1.807, 2.05) is 12.1 Å². The van der Waals surface area contributed by atoms with Gasteiger partial charge in [-0.25, -0.2) is 8.78 Å². The molecule has 6 heteroatoms. The Hall–Kier alpha value is -1.98. The van der Waals surface area contributed by atoms with Crippen LogP contribution < -0.4 is 5.32 Å². The Morgan fingerprint density at radius 3 is 2.55 bits per heavy atom. The minimum absolute atomic E-state index is 0.0541. The molecule has 0 saturated carbocycles. The second kappa shape index (κ2) is 7.33. The second-order valence-corrected chi connectivity index (χ2v) is 5.41. The average molecular weight is 325 g/mol. The molecule has 0 spiro atoms. The van der Waals surface area contributed by atoms with Crippen LogP contribution in [-0.4, -0.2) is 24.4 Å². The number of carbonyl (C=O) groups is 1. The van der Waals surface area contributed by atoms with E-state index in [4.69, 9.17) is 11.6 Å². The van der Waals surface area contributed by atoms with Crippen LogP contribution in [0.5, 0.6) is 0 Å². The maximum absolute atomic E-state index is 13.4. The molecule has 0 radical (unpaired) electrons. The van der Waals surface area contributed by atoms with Gasteiger partial charge in [-0.1, -0.05) is 23.7 Å². The lowest BCUT2D eigenvalue weighted by Crippen LogP contribution is -2.30. The number of likely N-dealkylation sites (N-methyl/N-ethyl adjacent to an activating group) is 1. The molecule has 1 N–H and O–H groups in total. The molecule has 0 saturated heterocycles.